The smallest absolute Gasteiger partial charge is 0.282 e. The molecule has 1 saturated heterocycles. The van der Waals surface area contributed by atoms with Gasteiger partial charge in [-0.05, 0) is 19.1 Å². The molecular weight excluding hydrogens is 192 g/mol. The van der Waals surface area contributed by atoms with E-state index in [1.54, 1.807) is 6.92 Å². The van der Waals surface area contributed by atoms with E-state index < -0.39 is 6.04 Å². The third-order valence-corrected chi connectivity index (χ3v) is 2.60. The molecule has 1 aliphatic rings. The highest BCUT2D eigenvalue weighted by atomic mass is 16.2. The number of imide groups is 1. The van der Waals surface area contributed by atoms with Crippen LogP contribution < -0.4 is 4.90 Å². The maximum atomic E-state index is 11.8. The van der Waals surface area contributed by atoms with E-state index >= 15 is 0 Å². The Morgan fingerprint density at radius 3 is 2.20 bits per heavy atom. The van der Waals surface area contributed by atoms with Crippen LogP contribution in [0, 0.1) is 0 Å². The van der Waals surface area contributed by atoms with Crippen molar-refractivity contribution in [2.75, 3.05) is 11.9 Å². The summed E-state index contributed by atoms with van der Waals surface area (Å²) >= 11 is 0. The second-order valence-electron chi connectivity index (χ2n) is 3.56. The number of para-hydroxylation sites is 1. The molecule has 0 radical (unpaired) electrons. The molecule has 4 heteroatoms. The lowest BCUT2D eigenvalue weighted by Crippen LogP contribution is -2.32. The summed E-state index contributed by atoms with van der Waals surface area (Å²) in [5, 5.41) is 0. The quantitative estimate of drug-likeness (QED) is 0.650. The van der Waals surface area contributed by atoms with Crippen molar-refractivity contribution in [2.45, 2.75) is 13.0 Å². The van der Waals surface area contributed by atoms with Gasteiger partial charge in [0.05, 0.1) is 0 Å². The van der Waals surface area contributed by atoms with Crippen LogP contribution in [-0.2, 0) is 4.79 Å². The summed E-state index contributed by atoms with van der Waals surface area (Å²) in [6.45, 7) is 1.73. The van der Waals surface area contributed by atoms with Crippen LogP contribution in [0.15, 0.2) is 30.3 Å². The Balaban J connectivity index is 2.39. The summed E-state index contributed by atoms with van der Waals surface area (Å²) in [6.07, 6.45) is 0. The van der Waals surface area contributed by atoms with Gasteiger partial charge in [-0.2, -0.15) is 0 Å². The highest BCUT2D eigenvalue weighted by molar-refractivity contribution is 6.13. The average molecular weight is 204 g/mol. The third-order valence-electron chi connectivity index (χ3n) is 2.60. The number of carbonyl (C=O) groups is 2. The van der Waals surface area contributed by atoms with Gasteiger partial charge in [-0.15, -0.1) is 0 Å². The lowest BCUT2D eigenvalue weighted by molar-refractivity contribution is -0.125. The van der Waals surface area contributed by atoms with Gasteiger partial charge in [0.2, 0.25) is 0 Å². The van der Waals surface area contributed by atoms with Crippen LogP contribution >= 0.6 is 0 Å². The van der Waals surface area contributed by atoms with Gasteiger partial charge in [-0.25, -0.2) is 4.79 Å². The zero-order valence-electron chi connectivity index (χ0n) is 8.68. The van der Waals surface area contributed by atoms with Gasteiger partial charge in [0.25, 0.3) is 5.91 Å². The molecule has 0 N–H and O–H groups in total. The first kappa shape index (κ1) is 9.71. The van der Waals surface area contributed by atoms with Crippen LogP contribution in [0.25, 0.3) is 0 Å². The third kappa shape index (κ3) is 1.38. The van der Waals surface area contributed by atoms with E-state index in [4.69, 9.17) is 0 Å². The monoisotopic (exact) mass is 204 g/mol. The Kier molecular flexibility index (Phi) is 2.19. The largest absolute Gasteiger partial charge is 0.331 e. The predicted octanol–water partition coefficient (Wildman–Crippen LogP) is 1.47. The molecule has 0 spiro atoms. The molecule has 1 heterocycles. The predicted molar refractivity (Wildman–Crippen MR) is 56.5 cm³/mol. The molecule has 1 fully saturated rings. The first-order chi connectivity index (χ1) is 7.13. The molecule has 0 aliphatic carbocycles. The second kappa shape index (κ2) is 3.38. The maximum absolute atomic E-state index is 11.8. The molecule has 1 aliphatic heterocycles. The summed E-state index contributed by atoms with van der Waals surface area (Å²) in [7, 11) is 1.50. The van der Waals surface area contributed by atoms with Gasteiger partial charge in [-0.1, -0.05) is 18.2 Å². The highest BCUT2D eigenvalue weighted by Crippen LogP contribution is 2.23. The fraction of sp³-hybridized carbons (Fsp3) is 0.273. The number of anilines is 1. The fourth-order valence-corrected chi connectivity index (χ4v) is 1.73. The molecule has 1 unspecified atom stereocenters. The lowest BCUT2D eigenvalue weighted by atomic mass is 10.2. The van der Waals surface area contributed by atoms with Crippen molar-refractivity contribution in [3.8, 4) is 0 Å². The highest BCUT2D eigenvalue weighted by Gasteiger charge is 2.40. The molecule has 78 valence electrons. The van der Waals surface area contributed by atoms with Crippen molar-refractivity contribution in [3.63, 3.8) is 0 Å². The summed E-state index contributed by atoms with van der Waals surface area (Å²) in [5.41, 5.74) is 0.757. The van der Waals surface area contributed by atoms with E-state index in [9.17, 15) is 9.59 Å². The molecule has 1 aromatic carbocycles. The minimum absolute atomic E-state index is 0.163. The first-order valence-electron chi connectivity index (χ1n) is 4.78. The number of nitrogens with zero attached hydrogens (tertiary/aromatic N) is 2. The van der Waals surface area contributed by atoms with Crippen LogP contribution in [0.1, 0.15) is 6.92 Å². The minimum atomic E-state index is -0.412. The normalized spacial score (nSPS) is 21.3. The van der Waals surface area contributed by atoms with Crippen molar-refractivity contribution < 1.29 is 9.59 Å². The Hall–Kier alpha value is -1.84. The summed E-state index contributed by atoms with van der Waals surface area (Å²) in [4.78, 5) is 26.0. The summed E-state index contributed by atoms with van der Waals surface area (Å²) < 4.78 is 0. The second-order valence-corrected chi connectivity index (χ2v) is 3.56. The van der Waals surface area contributed by atoms with Crippen LogP contribution in [0.4, 0.5) is 10.5 Å². The van der Waals surface area contributed by atoms with Crippen LogP contribution in [0.5, 0.6) is 0 Å². The number of carbonyl (C=O) groups excluding carboxylic acids is 2. The Morgan fingerprint density at radius 1 is 1.13 bits per heavy atom. The topological polar surface area (TPSA) is 40.6 Å². The van der Waals surface area contributed by atoms with E-state index in [0.717, 1.165) is 10.6 Å². The number of rotatable bonds is 1. The van der Waals surface area contributed by atoms with Gasteiger partial charge in [-0.3, -0.25) is 14.6 Å². The van der Waals surface area contributed by atoms with Crippen LogP contribution in [0.3, 0.4) is 0 Å². The Morgan fingerprint density at radius 2 is 1.73 bits per heavy atom. The number of likely N-dealkylation sites (N-methyl/N-ethyl adjacent to an activating group) is 1. The van der Waals surface area contributed by atoms with Crippen LogP contribution in [0.2, 0.25) is 0 Å². The maximum Gasteiger partial charge on any atom is 0.331 e. The number of hydrogen-bond donors (Lipinski definition) is 0. The van der Waals surface area contributed by atoms with Crippen molar-refractivity contribution in [3.05, 3.63) is 30.3 Å². The van der Waals surface area contributed by atoms with E-state index in [1.807, 2.05) is 30.3 Å². The zero-order valence-corrected chi connectivity index (χ0v) is 8.68. The molecule has 0 bridgehead atoms. The minimum Gasteiger partial charge on any atom is -0.282 e. The van der Waals surface area contributed by atoms with Gasteiger partial charge in [0.15, 0.2) is 0 Å². The fourth-order valence-electron chi connectivity index (χ4n) is 1.73. The van der Waals surface area contributed by atoms with Crippen molar-refractivity contribution >= 4 is 17.6 Å². The van der Waals surface area contributed by atoms with Gasteiger partial charge >= 0.3 is 6.03 Å². The van der Waals surface area contributed by atoms with Crippen molar-refractivity contribution in [1.29, 1.82) is 0 Å². The molecular formula is C11H12N2O2. The number of amides is 3. The van der Waals surface area contributed by atoms with E-state index in [2.05, 4.69) is 0 Å². The lowest BCUT2D eigenvalue weighted by Gasteiger charge is -2.18. The summed E-state index contributed by atoms with van der Waals surface area (Å²) in [6, 6.07) is 8.53. The number of benzene rings is 1. The van der Waals surface area contributed by atoms with Crippen LogP contribution in [-0.4, -0.2) is 29.9 Å². The van der Waals surface area contributed by atoms with Gasteiger partial charge in [0, 0.05) is 12.7 Å². The van der Waals surface area contributed by atoms with E-state index in [1.165, 1.54) is 11.9 Å². The molecule has 0 aromatic heterocycles. The molecule has 0 saturated carbocycles. The molecule has 1 aromatic rings. The molecule has 3 amide bonds. The SMILES string of the molecule is CC1C(=O)N(C)C(=O)N1c1ccccc1. The average Bonchev–Trinajstić information content (AvgIpc) is 2.45. The standard InChI is InChI=1S/C11H12N2O2/c1-8-10(14)12(2)11(15)13(8)9-6-4-3-5-7-9/h3-8H,1-2H3. The Labute approximate surface area is 88.1 Å². The Bertz CT molecular complexity index is 402. The zero-order chi connectivity index (χ0) is 11.0. The van der Waals surface area contributed by atoms with Crippen molar-refractivity contribution in [1.82, 2.24) is 4.90 Å². The first-order valence-corrected chi connectivity index (χ1v) is 4.78. The molecule has 15 heavy (non-hydrogen) atoms. The van der Waals surface area contributed by atoms with E-state index in [0.29, 0.717) is 0 Å². The van der Waals surface area contributed by atoms with Crippen molar-refractivity contribution in [2.24, 2.45) is 0 Å². The number of urea groups is 1. The molecule has 4 nitrogen and oxygen atoms in total. The van der Waals surface area contributed by atoms with E-state index in [-0.39, 0.29) is 11.9 Å². The number of hydrogen-bond acceptors (Lipinski definition) is 2. The molecule has 2 rings (SSSR count). The van der Waals surface area contributed by atoms with Gasteiger partial charge in [0.1, 0.15) is 6.04 Å². The summed E-state index contributed by atoms with van der Waals surface area (Å²) in [5.74, 6) is -0.163. The van der Waals surface area contributed by atoms with Gasteiger partial charge < -0.3 is 0 Å². The molecule has 1 atom stereocenters.